The van der Waals surface area contributed by atoms with Gasteiger partial charge in [0.2, 0.25) is 0 Å². The Balaban J connectivity index is 2.96. The van der Waals surface area contributed by atoms with Gasteiger partial charge in [0.1, 0.15) is 0 Å². The predicted octanol–water partition coefficient (Wildman–Crippen LogP) is 2.55. The second-order valence-corrected chi connectivity index (χ2v) is 3.89. The van der Waals surface area contributed by atoms with E-state index in [0.717, 1.165) is 0 Å². The molecule has 0 heterocycles. The highest BCUT2D eigenvalue weighted by atomic mass is 19.3. The summed E-state index contributed by atoms with van der Waals surface area (Å²) in [5.41, 5.74) is 0.330. The molecule has 1 aromatic rings. The van der Waals surface area contributed by atoms with Gasteiger partial charge in [-0.1, -0.05) is 0 Å². The molecule has 0 spiro atoms. The van der Waals surface area contributed by atoms with Gasteiger partial charge in [-0.15, -0.1) is 0 Å². The summed E-state index contributed by atoms with van der Waals surface area (Å²) in [4.78, 5) is 13.5. The second kappa shape index (κ2) is 6.72. The summed E-state index contributed by atoms with van der Waals surface area (Å²) >= 11 is 0. The van der Waals surface area contributed by atoms with E-state index in [1.807, 2.05) is 0 Å². The number of benzene rings is 1. The smallest absolute Gasteiger partial charge is 0.387 e. The van der Waals surface area contributed by atoms with E-state index in [0.29, 0.717) is 5.56 Å². The summed E-state index contributed by atoms with van der Waals surface area (Å²) in [5.74, 6) is -0.273. The van der Waals surface area contributed by atoms with Crippen molar-refractivity contribution >= 4 is 5.78 Å². The summed E-state index contributed by atoms with van der Waals surface area (Å²) < 4.78 is 33.5. The molecule has 104 valence electrons. The minimum Gasteiger partial charge on any atom is -0.493 e. The number of carbonyl (C=O) groups is 1. The lowest BCUT2D eigenvalue weighted by Crippen LogP contribution is -2.05. The summed E-state index contributed by atoms with van der Waals surface area (Å²) in [6.07, 6.45) is 2.97. The Kier molecular flexibility index (Phi) is 5.29. The van der Waals surface area contributed by atoms with Crippen molar-refractivity contribution in [3.8, 4) is 11.5 Å². The Morgan fingerprint density at radius 3 is 2.53 bits per heavy atom. The first-order chi connectivity index (χ1) is 8.93. The van der Waals surface area contributed by atoms with Crippen LogP contribution in [0.15, 0.2) is 30.5 Å². The van der Waals surface area contributed by atoms with Crippen molar-refractivity contribution in [3.63, 3.8) is 0 Å². The van der Waals surface area contributed by atoms with Gasteiger partial charge < -0.3 is 14.4 Å². The largest absolute Gasteiger partial charge is 0.493 e. The number of nitrogens with zero attached hydrogens (tertiary/aromatic N) is 1. The fourth-order valence-electron chi connectivity index (χ4n) is 1.33. The van der Waals surface area contributed by atoms with Gasteiger partial charge in [-0.25, -0.2) is 0 Å². The molecule has 1 rings (SSSR count). The predicted molar refractivity (Wildman–Crippen MR) is 66.8 cm³/mol. The molecule has 0 bridgehead atoms. The van der Waals surface area contributed by atoms with Crippen molar-refractivity contribution in [2.24, 2.45) is 0 Å². The third-order valence-corrected chi connectivity index (χ3v) is 2.19. The van der Waals surface area contributed by atoms with Crippen molar-refractivity contribution in [1.29, 1.82) is 0 Å². The third-order valence-electron chi connectivity index (χ3n) is 2.19. The lowest BCUT2D eigenvalue weighted by Gasteiger charge is -2.10. The zero-order chi connectivity index (χ0) is 14.4. The average Bonchev–Trinajstić information content (AvgIpc) is 2.35. The van der Waals surface area contributed by atoms with E-state index >= 15 is 0 Å². The summed E-state index contributed by atoms with van der Waals surface area (Å²) in [6.45, 7) is -2.94. The van der Waals surface area contributed by atoms with Gasteiger partial charge in [0, 0.05) is 31.9 Å². The quantitative estimate of drug-likeness (QED) is 0.589. The highest BCUT2D eigenvalue weighted by Gasteiger charge is 2.12. The molecule has 0 amide bonds. The Labute approximate surface area is 110 Å². The number of halogens is 2. The van der Waals surface area contributed by atoms with Gasteiger partial charge in [-0.05, 0) is 18.2 Å². The van der Waals surface area contributed by atoms with Crippen LogP contribution in [-0.4, -0.2) is 38.5 Å². The van der Waals surface area contributed by atoms with Gasteiger partial charge in [0.05, 0.1) is 7.11 Å². The molecular formula is C13H15F2NO3. The fraction of sp³-hybridized carbons (Fsp3) is 0.308. The van der Waals surface area contributed by atoms with Crippen LogP contribution in [0.4, 0.5) is 8.78 Å². The number of ketones is 1. The van der Waals surface area contributed by atoms with E-state index in [1.165, 1.54) is 31.4 Å². The molecule has 1 aromatic carbocycles. The molecule has 0 aromatic heterocycles. The van der Waals surface area contributed by atoms with Crippen LogP contribution < -0.4 is 9.47 Å². The summed E-state index contributed by atoms with van der Waals surface area (Å²) in [6, 6.07) is 4.05. The standard InChI is InChI=1S/C13H15F2NO3/c1-16(2)7-6-10(17)9-4-5-11(19-13(14)15)12(8-9)18-3/h4-8,13H,1-3H3/b7-6+. The van der Waals surface area contributed by atoms with Crippen molar-refractivity contribution in [2.45, 2.75) is 6.61 Å². The van der Waals surface area contributed by atoms with E-state index in [2.05, 4.69) is 4.74 Å². The van der Waals surface area contributed by atoms with Crippen LogP contribution in [0.3, 0.4) is 0 Å². The number of carbonyl (C=O) groups excluding carboxylic acids is 1. The number of alkyl halides is 2. The first-order valence-corrected chi connectivity index (χ1v) is 5.46. The monoisotopic (exact) mass is 271 g/mol. The lowest BCUT2D eigenvalue weighted by molar-refractivity contribution is -0.0512. The average molecular weight is 271 g/mol. The topological polar surface area (TPSA) is 38.8 Å². The number of methoxy groups -OCH3 is 1. The third kappa shape index (κ3) is 4.57. The van der Waals surface area contributed by atoms with Crippen LogP contribution in [0, 0.1) is 0 Å². The Morgan fingerprint density at radius 1 is 1.32 bits per heavy atom. The molecule has 0 fully saturated rings. The number of rotatable bonds is 6. The molecule has 0 aliphatic heterocycles. The van der Waals surface area contributed by atoms with E-state index in [-0.39, 0.29) is 17.3 Å². The SMILES string of the molecule is COc1cc(C(=O)/C=C/N(C)C)ccc1OC(F)F. The van der Waals surface area contributed by atoms with Gasteiger partial charge >= 0.3 is 6.61 Å². The maximum absolute atomic E-state index is 12.1. The second-order valence-electron chi connectivity index (χ2n) is 3.89. The molecule has 0 saturated carbocycles. The van der Waals surface area contributed by atoms with Crippen molar-refractivity contribution < 1.29 is 23.0 Å². The minimum atomic E-state index is -2.94. The molecule has 0 saturated heterocycles. The van der Waals surface area contributed by atoms with Gasteiger partial charge in [0.15, 0.2) is 17.3 Å². The Bertz CT molecular complexity index is 473. The molecule has 0 aliphatic rings. The van der Waals surface area contributed by atoms with Crippen LogP contribution in [-0.2, 0) is 0 Å². The van der Waals surface area contributed by atoms with Crippen molar-refractivity contribution in [1.82, 2.24) is 4.90 Å². The number of ether oxygens (including phenoxy) is 2. The lowest BCUT2D eigenvalue weighted by atomic mass is 10.1. The Hall–Kier alpha value is -2.11. The zero-order valence-corrected chi connectivity index (χ0v) is 10.9. The summed E-state index contributed by atoms with van der Waals surface area (Å²) in [7, 11) is 4.88. The summed E-state index contributed by atoms with van der Waals surface area (Å²) in [5, 5.41) is 0. The molecule has 0 aliphatic carbocycles. The van der Waals surface area contributed by atoms with Crippen LogP contribution in [0.2, 0.25) is 0 Å². The first-order valence-electron chi connectivity index (χ1n) is 5.46. The molecule has 4 nitrogen and oxygen atoms in total. The zero-order valence-electron chi connectivity index (χ0n) is 10.9. The highest BCUT2D eigenvalue weighted by Crippen LogP contribution is 2.29. The van der Waals surface area contributed by atoms with Crippen LogP contribution in [0.1, 0.15) is 10.4 Å². The molecule has 0 atom stereocenters. The molecule has 6 heteroatoms. The molecule has 0 unspecified atom stereocenters. The van der Waals surface area contributed by atoms with Crippen LogP contribution in [0.5, 0.6) is 11.5 Å². The van der Waals surface area contributed by atoms with E-state index in [4.69, 9.17) is 4.74 Å². The normalized spacial score (nSPS) is 10.8. The molecule has 0 N–H and O–H groups in total. The molecular weight excluding hydrogens is 256 g/mol. The molecule has 0 radical (unpaired) electrons. The van der Waals surface area contributed by atoms with Crippen LogP contribution >= 0.6 is 0 Å². The van der Waals surface area contributed by atoms with Crippen molar-refractivity contribution in [3.05, 3.63) is 36.0 Å². The fourth-order valence-corrected chi connectivity index (χ4v) is 1.33. The number of allylic oxidation sites excluding steroid dienone is 1. The maximum atomic E-state index is 12.1. The number of hydrogen-bond acceptors (Lipinski definition) is 4. The maximum Gasteiger partial charge on any atom is 0.387 e. The van der Waals surface area contributed by atoms with Gasteiger partial charge in [-0.3, -0.25) is 4.79 Å². The van der Waals surface area contributed by atoms with E-state index in [1.54, 1.807) is 25.2 Å². The van der Waals surface area contributed by atoms with Gasteiger partial charge in [-0.2, -0.15) is 8.78 Å². The number of hydrogen-bond donors (Lipinski definition) is 0. The Morgan fingerprint density at radius 2 is 2.00 bits per heavy atom. The van der Waals surface area contributed by atoms with E-state index in [9.17, 15) is 13.6 Å². The van der Waals surface area contributed by atoms with E-state index < -0.39 is 6.61 Å². The minimum absolute atomic E-state index is 0.0874. The molecule has 19 heavy (non-hydrogen) atoms. The van der Waals surface area contributed by atoms with Gasteiger partial charge in [0.25, 0.3) is 0 Å². The first kappa shape index (κ1) is 14.9. The van der Waals surface area contributed by atoms with Crippen molar-refractivity contribution in [2.75, 3.05) is 21.2 Å². The van der Waals surface area contributed by atoms with Crippen LogP contribution in [0.25, 0.3) is 0 Å². The highest BCUT2D eigenvalue weighted by molar-refractivity contribution is 6.04.